The molecule has 0 bridgehead atoms. The number of nitrogen functional groups attached to an aromatic ring is 1. The van der Waals surface area contributed by atoms with Crippen molar-refractivity contribution < 1.29 is 9.13 Å². The smallest absolute Gasteiger partial charge is 0.237 e. The van der Waals surface area contributed by atoms with Gasteiger partial charge in [0.1, 0.15) is 12.4 Å². The maximum absolute atomic E-state index is 12.6. The molecule has 0 spiro atoms. The van der Waals surface area contributed by atoms with Crippen LogP contribution in [0.1, 0.15) is 5.56 Å². The highest BCUT2D eigenvalue weighted by atomic mass is 19.1. The van der Waals surface area contributed by atoms with E-state index >= 15 is 0 Å². The number of benzene rings is 1. The number of nitrogens with zero attached hydrogens (tertiary/aromatic N) is 1. The van der Waals surface area contributed by atoms with Crippen molar-refractivity contribution >= 4 is 5.69 Å². The Morgan fingerprint density at radius 2 is 1.94 bits per heavy atom. The molecule has 2 rings (SSSR count). The van der Waals surface area contributed by atoms with Crippen LogP contribution in [-0.2, 0) is 6.61 Å². The van der Waals surface area contributed by atoms with Gasteiger partial charge in [0.2, 0.25) is 5.88 Å². The van der Waals surface area contributed by atoms with Gasteiger partial charge >= 0.3 is 0 Å². The molecular formula is C12H11FN2O. The molecule has 2 N–H and O–H groups in total. The Morgan fingerprint density at radius 3 is 2.62 bits per heavy atom. The van der Waals surface area contributed by atoms with Crippen LogP contribution in [0.3, 0.4) is 0 Å². The molecule has 0 fully saturated rings. The van der Waals surface area contributed by atoms with Gasteiger partial charge in [-0.15, -0.1) is 0 Å². The normalized spacial score (nSPS) is 10.1. The van der Waals surface area contributed by atoms with Crippen LogP contribution in [0.2, 0.25) is 0 Å². The number of rotatable bonds is 3. The average Bonchev–Trinajstić information content (AvgIpc) is 2.30. The Bertz CT molecular complexity index is 471. The van der Waals surface area contributed by atoms with Crippen LogP contribution in [0.4, 0.5) is 10.1 Å². The summed E-state index contributed by atoms with van der Waals surface area (Å²) in [5.41, 5.74) is 7.02. The molecule has 3 nitrogen and oxygen atoms in total. The zero-order chi connectivity index (χ0) is 11.4. The summed E-state index contributed by atoms with van der Waals surface area (Å²) in [6.45, 7) is 0.321. The molecule has 0 aliphatic rings. The summed E-state index contributed by atoms with van der Waals surface area (Å²) in [6.07, 6.45) is 1.61. The van der Waals surface area contributed by atoms with Gasteiger partial charge in [-0.05, 0) is 29.8 Å². The monoisotopic (exact) mass is 218 g/mol. The van der Waals surface area contributed by atoms with Crippen LogP contribution in [0.5, 0.6) is 5.88 Å². The van der Waals surface area contributed by atoms with Gasteiger partial charge in [-0.3, -0.25) is 0 Å². The lowest BCUT2D eigenvalue weighted by atomic mass is 10.2. The third kappa shape index (κ3) is 2.48. The van der Waals surface area contributed by atoms with E-state index in [4.69, 9.17) is 10.5 Å². The highest BCUT2D eigenvalue weighted by Crippen LogP contribution is 2.17. The van der Waals surface area contributed by atoms with Gasteiger partial charge in [0.05, 0.1) is 5.69 Å². The predicted molar refractivity (Wildman–Crippen MR) is 59.4 cm³/mol. The Kier molecular flexibility index (Phi) is 3.00. The van der Waals surface area contributed by atoms with E-state index in [0.717, 1.165) is 5.56 Å². The number of pyridine rings is 1. The van der Waals surface area contributed by atoms with Crippen LogP contribution in [0.15, 0.2) is 42.6 Å². The number of halogens is 1. The van der Waals surface area contributed by atoms with Crippen LogP contribution in [-0.4, -0.2) is 4.98 Å². The number of ether oxygens (including phenoxy) is 1. The summed E-state index contributed by atoms with van der Waals surface area (Å²) in [6, 6.07) is 9.55. The molecule has 0 unspecified atom stereocenters. The molecule has 1 heterocycles. The van der Waals surface area contributed by atoms with Crippen molar-refractivity contribution in [3.05, 3.63) is 54.0 Å². The van der Waals surface area contributed by atoms with Gasteiger partial charge in [0.15, 0.2) is 0 Å². The van der Waals surface area contributed by atoms with E-state index in [1.807, 2.05) is 0 Å². The molecule has 2 aromatic rings. The topological polar surface area (TPSA) is 48.1 Å². The minimum absolute atomic E-state index is 0.263. The maximum Gasteiger partial charge on any atom is 0.237 e. The van der Waals surface area contributed by atoms with Crippen LogP contribution in [0, 0.1) is 5.82 Å². The Labute approximate surface area is 92.7 Å². The molecule has 0 saturated heterocycles. The molecule has 0 saturated carbocycles. The van der Waals surface area contributed by atoms with Crippen molar-refractivity contribution in [2.45, 2.75) is 6.61 Å². The van der Waals surface area contributed by atoms with Crippen molar-refractivity contribution in [2.75, 3.05) is 5.73 Å². The predicted octanol–water partition coefficient (Wildman–Crippen LogP) is 2.38. The van der Waals surface area contributed by atoms with E-state index in [0.29, 0.717) is 18.2 Å². The summed E-state index contributed by atoms with van der Waals surface area (Å²) in [4.78, 5) is 3.99. The molecule has 1 aromatic carbocycles. The van der Waals surface area contributed by atoms with Crippen LogP contribution in [0.25, 0.3) is 0 Å². The minimum atomic E-state index is -0.263. The van der Waals surface area contributed by atoms with Crippen LogP contribution < -0.4 is 10.5 Å². The van der Waals surface area contributed by atoms with Gasteiger partial charge in [-0.1, -0.05) is 12.1 Å². The van der Waals surface area contributed by atoms with Crippen LogP contribution >= 0.6 is 0 Å². The lowest BCUT2D eigenvalue weighted by Gasteiger charge is -2.06. The van der Waals surface area contributed by atoms with E-state index in [1.54, 1.807) is 30.5 Å². The first-order chi connectivity index (χ1) is 7.75. The number of nitrogens with two attached hydrogens (primary N) is 1. The van der Waals surface area contributed by atoms with E-state index in [1.165, 1.54) is 12.1 Å². The lowest BCUT2D eigenvalue weighted by Crippen LogP contribution is -2.00. The van der Waals surface area contributed by atoms with Gasteiger partial charge in [0, 0.05) is 6.20 Å². The second kappa shape index (κ2) is 4.61. The highest BCUT2D eigenvalue weighted by molar-refractivity contribution is 5.46. The molecule has 0 aliphatic carbocycles. The second-order valence-electron chi connectivity index (χ2n) is 3.31. The number of hydrogen-bond acceptors (Lipinski definition) is 3. The Hall–Kier alpha value is -2.10. The number of anilines is 1. The van der Waals surface area contributed by atoms with Crippen molar-refractivity contribution in [2.24, 2.45) is 0 Å². The third-order valence-corrected chi connectivity index (χ3v) is 2.09. The molecule has 0 atom stereocenters. The van der Waals surface area contributed by atoms with Gasteiger partial charge in [-0.25, -0.2) is 9.37 Å². The SMILES string of the molecule is Nc1cccnc1OCc1ccc(F)cc1. The second-order valence-corrected chi connectivity index (χ2v) is 3.31. The summed E-state index contributed by atoms with van der Waals surface area (Å²) < 4.78 is 18.0. The zero-order valence-corrected chi connectivity index (χ0v) is 8.56. The molecule has 0 radical (unpaired) electrons. The summed E-state index contributed by atoms with van der Waals surface area (Å²) in [5, 5.41) is 0. The first-order valence-corrected chi connectivity index (χ1v) is 4.83. The molecule has 0 aliphatic heterocycles. The van der Waals surface area contributed by atoms with Gasteiger partial charge in [-0.2, -0.15) is 0 Å². The summed E-state index contributed by atoms with van der Waals surface area (Å²) in [5.74, 6) is 0.132. The number of aromatic nitrogens is 1. The standard InChI is InChI=1S/C12H11FN2O/c13-10-5-3-9(4-6-10)8-16-12-11(14)2-1-7-15-12/h1-7H,8,14H2. The molecule has 0 amide bonds. The van der Waals surface area contributed by atoms with Crippen molar-refractivity contribution in [1.29, 1.82) is 0 Å². The van der Waals surface area contributed by atoms with E-state index in [9.17, 15) is 4.39 Å². The van der Waals surface area contributed by atoms with Crippen molar-refractivity contribution in [3.63, 3.8) is 0 Å². The minimum Gasteiger partial charge on any atom is -0.471 e. The summed E-state index contributed by atoms with van der Waals surface area (Å²) >= 11 is 0. The lowest BCUT2D eigenvalue weighted by molar-refractivity contribution is 0.295. The molecule has 4 heteroatoms. The first kappa shape index (κ1) is 10.4. The third-order valence-electron chi connectivity index (χ3n) is 2.09. The first-order valence-electron chi connectivity index (χ1n) is 4.83. The Morgan fingerprint density at radius 1 is 1.19 bits per heavy atom. The number of hydrogen-bond donors (Lipinski definition) is 1. The van der Waals surface area contributed by atoms with Gasteiger partial charge < -0.3 is 10.5 Å². The quantitative estimate of drug-likeness (QED) is 0.860. The van der Waals surface area contributed by atoms with Crippen molar-refractivity contribution in [1.82, 2.24) is 4.98 Å². The largest absolute Gasteiger partial charge is 0.471 e. The Balaban J connectivity index is 2.02. The molecular weight excluding hydrogens is 207 g/mol. The fourth-order valence-corrected chi connectivity index (χ4v) is 1.26. The average molecular weight is 218 g/mol. The highest BCUT2D eigenvalue weighted by Gasteiger charge is 2.01. The maximum atomic E-state index is 12.6. The van der Waals surface area contributed by atoms with E-state index < -0.39 is 0 Å². The zero-order valence-electron chi connectivity index (χ0n) is 8.56. The fraction of sp³-hybridized carbons (Fsp3) is 0.0833. The fourth-order valence-electron chi connectivity index (χ4n) is 1.26. The van der Waals surface area contributed by atoms with E-state index in [-0.39, 0.29) is 5.82 Å². The van der Waals surface area contributed by atoms with E-state index in [2.05, 4.69) is 4.98 Å². The summed E-state index contributed by atoms with van der Waals surface area (Å²) in [7, 11) is 0. The van der Waals surface area contributed by atoms with Crippen molar-refractivity contribution in [3.8, 4) is 5.88 Å². The molecule has 82 valence electrons. The molecule has 1 aromatic heterocycles. The molecule has 16 heavy (non-hydrogen) atoms. The van der Waals surface area contributed by atoms with Gasteiger partial charge in [0.25, 0.3) is 0 Å².